The minimum Gasteiger partial charge on any atom is -0.298 e. The molecule has 0 aliphatic heterocycles. The van der Waals surface area contributed by atoms with Crippen LogP contribution >= 0.6 is 0 Å². The largest absolute Gasteiger partial charge is 0.298 e. The summed E-state index contributed by atoms with van der Waals surface area (Å²) in [7, 11) is 0. The van der Waals surface area contributed by atoms with E-state index < -0.39 is 0 Å². The van der Waals surface area contributed by atoms with Crippen molar-refractivity contribution in [1.29, 1.82) is 0 Å². The topological polar surface area (TPSA) is 30.2 Å². The molecule has 8 rings (SSSR count). The first-order valence-corrected chi connectivity index (χ1v) is 10.8. The molecular formula is C28H17N3. The zero-order valence-corrected chi connectivity index (χ0v) is 16.8. The number of fused-ring (bicyclic) bond motifs is 14. The summed E-state index contributed by atoms with van der Waals surface area (Å²) in [5, 5.41) is 3.75. The maximum atomic E-state index is 4.70. The van der Waals surface area contributed by atoms with Crippen LogP contribution in [-0.4, -0.2) is 14.4 Å². The van der Waals surface area contributed by atoms with E-state index >= 15 is 0 Å². The summed E-state index contributed by atoms with van der Waals surface area (Å²) in [6, 6.07) is 20.3. The van der Waals surface area contributed by atoms with Gasteiger partial charge in [-0.25, -0.2) is 4.98 Å². The van der Waals surface area contributed by atoms with Crippen molar-refractivity contribution in [2.24, 2.45) is 0 Å². The molecule has 0 saturated heterocycles. The van der Waals surface area contributed by atoms with E-state index in [4.69, 9.17) is 4.98 Å². The molecule has 31 heavy (non-hydrogen) atoms. The Labute approximate surface area is 178 Å². The van der Waals surface area contributed by atoms with Gasteiger partial charge in [-0.05, 0) is 63.4 Å². The Morgan fingerprint density at radius 2 is 1.61 bits per heavy atom. The van der Waals surface area contributed by atoms with Crippen LogP contribution in [0.15, 0.2) is 79.4 Å². The van der Waals surface area contributed by atoms with Crippen molar-refractivity contribution in [3.8, 4) is 22.3 Å². The summed E-state index contributed by atoms with van der Waals surface area (Å²) >= 11 is 0. The molecule has 0 atom stereocenters. The van der Waals surface area contributed by atoms with Crippen molar-refractivity contribution >= 4 is 27.3 Å². The van der Waals surface area contributed by atoms with E-state index in [-0.39, 0.29) is 0 Å². The lowest BCUT2D eigenvalue weighted by atomic mass is 9.93. The van der Waals surface area contributed by atoms with Gasteiger partial charge >= 0.3 is 0 Å². The number of rotatable bonds is 0. The van der Waals surface area contributed by atoms with Crippen LogP contribution in [0.4, 0.5) is 0 Å². The Kier molecular flexibility index (Phi) is 2.74. The molecule has 0 amide bonds. The Hall–Kier alpha value is -3.98. The number of imidazole rings is 1. The molecule has 0 bridgehead atoms. The summed E-state index contributed by atoms with van der Waals surface area (Å²) in [6.45, 7) is 0. The van der Waals surface area contributed by atoms with Crippen LogP contribution in [0.25, 0.3) is 49.6 Å². The first kappa shape index (κ1) is 15.8. The quantitative estimate of drug-likeness (QED) is 0.287. The Morgan fingerprint density at radius 3 is 2.61 bits per heavy atom. The monoisotopic (exact) mass is 395 g/mol. The lowest BCUT2D eigenvalue weighted by molar-refractivity contribution is 1.23. The molecule has 2 aliphatic rings. The molecule has 0 radical (unpaired) electrons. The molecule has 0 N–H and O–H groups in total. The standard InChI is InChI=1S/C28H17N3/c1-2-4-19-16(3-1)13-17-5-7-20-23(25(17)19)14-18-6-8-22-27(26(18)20)21-9-10-29-15-24(21)31-12-11-30-28(22)31/h1-12,15H,13-14H2. The summed E-state index contributed by atoms with van der Waals surface area (Å²) in [6.07, 6.45) is 9.80. The normalized spacial score (nSPS) is 13.5. The maximum Gasteiger partial charge on any atom is 0.145 e. The smallest absolute Gasteiger partial charge is 0.145 e. The number of aromatic nitrogens is 3. The van der Waals surface area contributed by atoms with Crippen molar-refractivity contribution in [3.05, 3.63) is 102 Å². The maximum absolute atomic E-state index is 4.70. The van der Waals surface area contributed by atoms with Crippen LogP contribution < -0.4 is 0 Å². The SMILES string of the molecule is c1ccc2c(c1)Cc1ccc3c(c1-2)Cc1ccc2c(c1-3)c1ccncc1n1ccnc21. The van der Waals surface area contributed by atoms with Gasteiger partial charge in [0.1, 0.15) is 5.65 Å². The van der Waals surface area contributed by atoms with Crippen molar-refractivity contribution in [1.82, 2.24) is 14.4 Å². The van der Waals surface area contributed by atoms with E-state index in [2.05, 4.69) is 64.0 Å². The van der Waals surface area contributed by atoms with Crippen molar-refractivity contribution in [2.45, 2.75) is 12.8 Å². The highest BCUT2D eigenvalue weighted by Crippen LogP contribution is 2.50. The third-order valence-corrected chi connectivity index (χ3v) is 7.21. The van der Waals surface area contributed by atoms with Crippen molar-refractivity contribution < 1.29 is 0 Å². The Balaban J connectivity index is 1.55. The molecule has 3 heteroatoms. The van der Waals surface area contributed by atoms with E-state index in [0.717, 1.165) is 24.0 Å². The molecule has 3 nitrogen and oxygen atoms in total. The van der Waals surface area contributed by atoms with Gasteiger partial charge in [0.2, 0.25) is 0 Å². The molecule has 2 aliphatic carbocycles. The average Bonchev–Trinajstić information content (AvgIpc) is 3.53. The van der Waals surface area contributed by atoms with Gasteiger partial charge in [0.15, 0.2) is 0 Å². The second-order valence-electron chi connectivity index (χ2n) is 8.67. The molecule has 144 valence electrons. The van der Waals surface area contributed by atoms with E-state index in [1.165, 1.54) is 60.7 Å². The Bertz CT molecular complexity index is 1740. The second-order valence-corrected chi connectivity index (χ2v) is 8.67. The first-order valence-electron chi connectivity index (χ1n) is 10.8. The minimum absolute atomic E-state index is 0.990. The highest BCUT2D eigenvalue weighted by Gasteiger charge is 2.30. The second kappa shape index (κ2) is 5.38. The highest BCUT2D eigenvalue weighted by atomic mass is 15.0. The fourth-order valence-corrected chi connectivity index (χ4v) is 5.96. The number of hydrogen-bond acceptors (Lipinski definition) is 2. The van der Waals surface area contributed by atoms with Gasteiger partial charge < -0.3 is 0 Å². The fourth-order valence-electron chi connectivity index (χ4n) is 5.96. The summed E-state index contributed by atoms with van der Waals surface area (Å²) in [5.41, 5.74) is 13.5. The van der Waals surface area contributed by atoms with Gasteiger partial charge in [0, 0.05) is 34.7 Å². The van der Waals surface area contributed by atoms with Gasteiger partial charge in [0.05, 0.1) is 11.7 Å². The molecular weight excluding hydrogens is 378 g/mol. The van der Waals surface area contributed by atoms with E-state index in [1.54, 1.807) is 0 Å². The van der Waals surface area contributed by atoms with Gasteiger partial charge in [-0.2, -0.15) is 0 Å². The molecule has 3 aromatic heterocycles. The van der Waals surface area contributed by atoms with Crippen LogP contribution in [0.5, 0.6) is 0 Å². The van der Waals surface area contributed by atoms with Crippen molar-refractivity contribution in [3.63, 3.8) is 0 Å². The molecule has 0 fully saturated rings. The van der Waals surface area contributed by atoms with Crippen LogP contribution in [0.3, 0.4) is 0 Å². The predicted molar refractivity (Wildman–Crippen MR) is 124 cm³/mol. The van der Waals surface area contributed by atoms with Gasteiger partial charge in [-0.15, -0.1) is 0 Å². The zero-order chi connectivity index (χ0) is 20.1. The lowest BCUT2D eigenvalue weighted by Crippen LogP contribution is -1.93. The molecule has 6 aromatic rings. The third-order valence-electron chi connectivity index (χ3n) is 7.21. The predicted octanol–water partition coefficient (Wildman–Crippen LogP) is 6.18. The van der Waals surface area contributed by atoms with Gasteiger partial charge in [-0.1, -0.05) is 48.5 Å². The number of hydrogen-bond donors (Lipinski definition) is 0. The van der Waals surface area contributed by atoms with E-state index in [1.807, 2.05) is 24.8 Å². The van der Waals surface area contributed by atoms with Crippen LogP contribution in [0.1, 0.15) is 22.3 Å². The van der Waals surface area contributed by atoms with Gasteiger partial charge in [-0.3, -0.25) is 9.38 Å². The molecule has 0 spiro atoms. The summed E-state index contributed by atoms with van der Waals surface area (Å²) < 4.78 is 2.16. The summed E-state index contributed by atoms with van der Waals surface area (Å²) in [5.74, 6) is 0. The molecule has 3 aromatic carbocycles. The number of pyridine rings is 2. The number of benzene rings is 3. The third kappa shape index (κ3) is 1.85. The zero-order valence-electron chi connectivity index (χ0n) is 16.8. The van der Waals surface area contributed by atoms with Crippen LogP contribution in [0.2, 0.25) is 0 Å². The molecule has 3 heterocycles. The molecule has 0 saturated carbocycles. The molecule has 0 unspecified atom stereocenters. The van der Waals surface area contributed by atoms with Crippen LogP contribution in [-0.2, 0) is 12.8 Å². The highest BCUT2D eigenvalue weighted by molar-refractivity contribution is 6.19. The number of nitrogens with zero attached hydrogens (tertiary/aromatic N) is 3. The first-order chi connectivity index (χ1) is 15.4. The van der Waals surface area contributed by atoms with Crippen molar-refractivity contribution in [2.75, 3.05) is 0 Å². The van der Waals surface area contributed by atoms with Gasteiger partial charge in [0.25, 0.3) is 0 Å². The van der Waals surface area contributed by atoms with E-state index in [9.17, 15) is 0 Å². The Morgan fingerprint density at radius 1 is 0.710 bits per heavy atom. The van der Waals surface area contributed by atoms with E-state index in [0.29, 0.717) is 0 Å². The lowest BCUT2D eigenvalue weighted by Gasteiger charge is -2.13. The fraction of sp³-hybridized carbons (Fsp3) is 0.0714. The minimum atomic E-state index is 0.990. The summed E-state index contributed by atoms with van der Waals surface area (Å²) in [4.78, 5) is 9.11. The van der Waals surface area contributed by atoms with Crippen LogP contribution in [0, 0.1) is 0 Å². The average molecular weight is 395 g/mol.